The molecule has 0 unspecified atom stereocenters. The summed E-state index contributed by atoms with van der Waals surface area (Å²) in [5, 5.41) is 0. The lowest BCUT2D eigenvalue weighted by molar-refractivity contribution is -0.134. The summed E-state index contributed by atoms with van der Waals surface area (Å²) in [6.07, 6.45) is 4.78. The number of imidazole rings is 1. The van der Waals surface area contributed by atoms with Crippen LogP contribution in [0.25, 0.3) is 17.1 Å². The highest BCUT2D eigenvalue weighted by Gasteiger charge is 2.16. The zero-order valence-electron chi connectivity index (χ0n) is 21.0. The minimum atomic E-state index is -0.397. The number of nitrogens with zero attached hydrogens (tertiary/aromatic N) is 2. The molecular weight excluding hydrogens is 456 g/mol. The number of esters is 1. The number of fused-ring (bicyclic) bond motifs is 1. The molecule has 0 aliphatic carbocycles. The van der Waals surface area contributed by atoms with Crippen LogP contribution in [0.5, 0.6) is 17.2 Å². The first-order valence-corrected chi connectivity index (χ1v) is 11.6. The molecule has 36 heavy (non-hydrogen) atoms. The van der Waals surface area contributed by atoms with Gasteiger partial charge >= 0.3 is 5.97 Å². The highest BCUT2D eigenvalue weighted by molar-refractivity contribution is 5.88. The fourth-order valence-electron chi connectivity index (χ4n) is 4.21. The van der Waals surface area contributed by atoms with Crippen LogP contribution in [-0.2, 0) is 28.9 Å². The summed E-state index contributed by atoms with van der Waals surface area (Å²) in [7, 11) is 6.18. The second-order valence-corrected chi connectivity index (χ2v) is 8.24. The average molecular weight is 487 g/mol. The van der Waals surface area contributed by atoms with Gasteiger partial charge in [-0.15, -0.1) is 0 Å². The molecule has 7 nitrogen and oxygen atoms in total. The quantitative estimate of drug-likeness (QED) is 0.230. The number of carbonyl (C=O) groups is 1. The number of rotatable bonds is 10. The lowest BCUT2D eigenvalue weighted by atomic mass is 10.1. The molecule has 1 aromatic heterocycles. The van der Waals surface area contributed by atoms with E-state index in [9.17, 15) is 4.79 Å². The van der Waals surface area contributed by atoms with Crippen molar-refractivity contribution in [3.05, 3.63) is 89.3 Å². The number of methoxy groups -OCH3 is 4. The van der Waals surface area contributed by atoms with Crippen molar-refractivity contribution in [3.8, 4) is 17.2 Å². The maximum Gasteiger partial charge on any atom is 0.330 e. The predicted octanol–water partition coefficient (Wildman–Crippen LogP) is 5.08. The van der Waals surface area contributed by atoms with Gasteiger partial charge in [-0.25, -0.2) is 9.78 Å². The van der Waals surface area contributed by atoms with E-state index in [1.165, 1.54) is 18.7 Å². The number of benzene rings is 3. The van der Waals surface area contributed by atoms with Crippen LogP contribution in [0.1, 0.15) is 22.5 Å². The molecule has 186 valence electrons. The van der Waals surface area contributed by atoms with Gasteiger partial charge in [-0.2, -0.15) is 0 Å². The van der Waals surface area contributed by atoms with Gasteiger partial charge in [0.2, 0.25) is 5.75 Å². The molecule has 0 aliphatic heterocycles. The van der Waals surface area contributed by atoms with Crippen molar-refractivity contribution in [1.29, 1.82) is 0 Å². The molecule has 4 aromatic rings. The van der Waals surface area contributed by atoms with Crippen LogP contribution >= 0.6 is 0 Å². The van der Waals surface area contributed by atoms with E-state index in [1.54, 1.807) is 27.4 Å². The number of carbonyl (C=O) groups excluding carboxylic acids is 1. The van der Waals surface area contributed by atoms with Crippen LogP contribution in [0, 0.1) is 0 Å². The first kappa shape index (κ1) is 24.9. The number of ether oxygens (including phenoxy) is 4. The van der Waals surface area contributed by atoms with Gasteiger partial charge in [0.1, 0.15) is 5.82 Å². The predicted molar refractivity (Wildman–Crippen MR) is 140 cm³/mol. The molecule has 0 spiro atoms. The molecule has 7 heteroatoms. The molecule has 4 rings (SSSR count). The summed E-state index contributed by atoms with van der Waals surface area (Å²) in [4.78, 5) is 16.5. The van der Waals surface area contributed by atoms with Crippen LogP contribution in [0.2, 0.25) is 0 Å². The Kier molecular flexibility index (Phi) is 7.90. The minimum Gasteiger partial charge on any atom is -0.493 e. The molecule has 0 amide bonds. The summed E-state index contributed by atoms with van der Waals surface area (Å²) < 4.78 is 23.5. The fourth-order valence-corrected chi connectivity index (χ4v) is 4.21. The topological polar surface area (TPSA) is 71.8 Å². The van der Waals surface area contributed by atoms with Crippen molar-refractivity contribution in [2.75, 3.05) is 28.4 Å². The third kappa shape index (κ3) is 5.51. The third-order valence-electron chi connectivity index (χ3n) is 6.01. The number of hydrogen-bond donors (Lipinski definition) is 0. The fraction of sp³-hybridized carbons (Fsp3) is 0.241. The highest BCUT2D eigenvalue weighted by Crippen LogP contribution is 2.38. The molecule has 0 N–H and O–H groups in total. The Morgan fingerprint density at radius 2 is 1.58 bits per heavy atom. The number of hydrogen-bond acceptors (Lipinski definition) is 6. The van der Waals surface area contributed by atoms with Gasteiger partial charge in [-0.3, -0.25) is 0 Å². The van der Waals surface area contributed by atoms with E-state index < -0.39 is 5.97 Å². The Balaban J connectivity index is 1.74. The highest BCUT2D eigenvalue weighted by atomic mass is 16.5. The zero-order chi connectivity index (χ0) is 25.5. The van der Waals surface area contributed by atoms with Crippen LogP contribution < -0.4 is 14.2 Å². The van der Waals surface area contributed by atoms with E-state index in [1.807, 2.05) is 48.5 Å². The van der Waals surface area contributed by atoms with Crippen molar-refractivity contribution in [1.82, 2.24) is 9.55 Å². The van der Waals surface area contributed by atoms with Crippen molar-refractivity contribution in [3.63, 3.8) is 0 Å². The summed E-state index contributed by atoms with van der Waals surface area (Å²) in [6, 6.07) is 20.3. The lowest BCUT2D eigenvalue weighted by Gasteiger charge is -2.16. The van der Waals surface area contributed by atoms with Gasteiger partial charge in [0.05, 0.1) is 39.5 Å². The molecule has 0 atom stereocenters. The second kappa shape index (κ2) is 11.4. The Morgan fingerprint density at radius 3 is 2.22 bits per heavy atom. The molecule has 0 bridgehead atoms. The van der Waals surface area contributed by atoms with E-state index in [0.29, 0.717) is 23.8 Å². The Hall–Kier alpha value is -4.26. The lowest BCUT2D eigenvalue weighted by Crippen LogP contribution is -2.07. The van der Waals surface area contributed by atoms with E-state index in [-0.39, 0.29) is 0 Å². The van der Waals surface area contributed by atoms with Gasteiger partial charge in [-0.05, 0) is 53.5 Å². The normalized spacial score (nSPS) is 11.1. The van der Waals surface area contributed by atoms with Gasteiger partial charge in [-0.1, -0.05) is 36.4 Å². The number of aryl methyl sites for hydroxylation is 2. The van der Waals surface area contributed by atoms with E-state index in [4.69, 9.17) is 23.9 Å². The van der Waals surface area contributed by atoms with Gasteiger partial charge < -0.3 is 23.5 Å². The van der Waals surface area contributed by atoms with Gasteiger partial charge in [0.15, 0.2) is 11.5 Å². The zero-order valence-corrected chi connectivity index (χ0v) is 21.0. The van der Waals surface area contributed by atoms with Crippen LogP contribution in [-0.4, -0.2) is 44.0 Å². The number of aromatic nitrogens is 2. The summed E-state index contributed by atoms with van der Waals surface area (Å²) in [5.74, 6) is 2.35. The van der Waals surface area contributed by atoms with Crippen molar-refractivity contribution in [2.45, 2.75) is 19.4 Å². The van der Waals surface area contributed by atoms with E-state index >= 15 is 0 Å². The minimum absolute atomic E-state index is 0.397. The van der Waals surface area contributed by atoms with E-state index in [0.717, 1.165) is 40.8 Å². The Morgan fingerprint density at radius 1 is 0.861 bits per heavy atom. The smallest absolute Gasteiger partial charge is 0.330 e. The largest absolute Gasteiger partial charge is 0.493 e. The van der Waals surface area contributed by atoms with Crippen LogP contribution in [0.4, 0.5) is 0 Å². The Bertz CT molecular complexity index is 1350. The van der Waals surface area contributed by atoms with Crippen molar-refractivity contribution < 1.29 is 23.7 Å². The molecule has 0 saturated carbocycles. The maximum absolute atomic E-state index is 11.5. The second-order valence-electron chi connectivity index (χ2n) is 8.24. The Labute approximate surface area is 210 Å². The monoisotopic (exact) mass is 486 g/mol. The summed E-state index contributed by atoms with van der Waals surface area (Å²) in [5.41, 5.74) is 4.99. The summed E-state index contributed by atoms with van der Waals surface area (Å²) in [6.45, 7) is 0.578. The first-order chi connectivity index (χ1) is 17.6. The van der Waals surface area contributed by atoms with Crippen LogP contribution in [0.15, 0.2) is 66.7 Å². The molecule has 1 heterocycles. The van der Waals surface area contributed by atoms with Gasteiger partial charge in [0.25, 0.3) is 0 Å². The molecule has 0 saturated heterocycles. The summed E-state index contributed by atoms with van der Waals surface area (Å²) >= 11 is 0. The molecular formula is C29H30N2O5. The molecule has 0 fully saturated rings. The van der Waals surface area contributed by atoms with Crippen molar-refractivity contribution in [2.24, 2.45) is 0 Å². The SMILES string of the molecule is COC(=O)/C=C/c1ccc2c(c1)nc(CCc1ccccc1)n2Cc1cc(OC)c(OC)c(OC)c1. The van der Waals surface area contributed by atoms with E-state index in [2.05, 4.69) is 16.7 Å². The molecule has 3 aromatic carbocycles. The first-order valence-electron chi connectivity index (χ1n) is 11.6. The molecule has 0 radical (unpaired) electrons. The maximum atomic E-state index is 11.5. The average Bonchev–Trinajstić information content (AvgIpc) is 3.26. The van der Waals surface area contributed by atoms with Crippen molar-refractivity contribution >= 4 is 23.1 Å². The van der Waals surface area contributed by atoms with Gasteiger partial charge in [0, 0.05) is 19.0 Å². The standard InChI is InChI=1S/C29H30N2O5/c1-33-25-17-22(18-26(34-2)29(25)36-4)19-31-24-13-10-21(12-15-28(32)35-3)16-23(24)30-27(31)14-11-20-8-6-5-7-9-20/h5-10,12-13,15-18H,11,14,19H2,1-4H3/b15-12+. The molecule has 0 aliphatic rings. The third-order valence-corrected chi connectivity index (χ3v) is 6.01. The van der Waals surface area contributed by atoms with Crippen LogP contribution in [0.3, 0.4) is 0 Å².